The first-order chi connectivity index (χ1) is 13.3. The Hall–Kier alpha value is -2.90. The van der Waals surface area contributed by atoms with Crippen molar-refractivity contribution in [3.63, 3.8) is 0 Å². The van der Waals surface area contributed by atoms with Crippen molar-refractivity contribution in [2.45, 2.75) is 32.1 Å². The number of fused-ring (bicyclic) bond motifs is 5. The van der Waals surface area contributed by atoms with Crippen molar-refractivity contribution in [2.24, 2.45) is 5.92 Å². The number of hydrogen-bond donors (Lipinski definition) is 0. The molecule has 3 aliphatic rings. The number of nitrogens with zero attached hydrogens (tertiary/aromatic N) is 2. The van der Waals surface area contributed by atoms with E-state index in [-0.39, 0.29) is 34.8 Å². The van der Waals surface area contributed by atoms with Crippen LogP contribution < -0.4 is 15.0 Å². The Labute approximate surface area is 159 Å². The maximum atomic E-state index is 13.5. The Morgan fingerprint density at radius 2 is 2.00 bits per heavy atom. The van der Waals surface area contributed by atoms with Gasteiger partial charge in [-0.1, -0.05) is 12.1 Å². The predicted octanol–water partition coefficient (Wildman–Crippen LogP) is 2.80. The number of amides is 1. The topological polar surface area (TPSA) is 60.8 Å². The van der Waals surface area contributed by atoms with Crippen LogP contribution in [0, 0.1) is 5.92 Å². The van der Waals surface area contributed by atoms with Crippen LogP contribution in [0.3, 0.4) is 0 Å². The minimum absolute atomic E-state index is 0.0234. The summed E-state index contributed by atoms with van der Waals surface area (Å²) in [5, 5.41) is 0. The number of piperidine rings is 1. The fraction of sp³-hybridized carbons (Fsp3) is 0.400. The minimum Gasteiger partial charge on any atom is -0.395 e. The van der Waals surface area contributed by atoms with E-state index in [1.165, 1.54) is 12.1 Å². The van der Waals surface area contributed by atoms with Gasteiger partial charge in [-0.05, 0) is 30.0 Å². The summed E-state index contributed by atoms with van der Waals surface area (Å²) in [4.78, 5) is 26.5. The lowest BCUT2D eigenvalue weighted by Crippen LogP contribution is -2.48. The molecule has 0 spiro atoms. The van der Waals surface area contributed by atoms with Crippen LogP contribution in [0.25, 0.3) is 11.1 Å². The molecule has 0 saturated carbocycles. The number of aromatic nitrogens is 1. The van der Waals surface area contributed by atoms with Crippen LogP contribution >= 0.6 is 0 Å². The van der Waals surface area contributed by atoms with Crippen LogP contribution in [-0.2, 0) is 11.3 Å². The van der Waals surface area contributed by atoms with Gasteiger partial charge < -0.3 is 18.9 Å². The third kappa shape index (κ3) is 2.66. The number of halogens is 2. The fourth-order valence-corrected chi connectivity index (χ4v) is 4.57. The molecule has 4 heterocycles. The zero-order chi connectivity index (χ0) is 19.6. The van der Waals surface area contributed by atoms with Crippen LogP contribution in [0.2, 0.25) is 0 Å². The number of pyridine rings is 1. The highest BCUT2D eigenvalue weighted by molar-refractivity contribution is 5.75. The number of carbonyl (C=O) groups is 1. The maximum absolute atomic E-state index is 13.5. The lowest BCUT2D eigenvalue weighted by Gasteiger charge is -2.42. The Morgan fingerprint density at radius 3 is 2.79 bits per heavy atom. The van der Waals surface area contributed by atoms with E-state index in [4.69, 9.17) is 0 Å². The first-order valence-electron chi connectivity index (χ1n) is 9.20. The van der Waals surface area contributed by atoms with Crippen LogP contribution in [0.4, 0.5) is 8.78 Å². The summed E-state index contributed by atoms with van der Waals surface area (Å²) in [6.45, 7) is 3.32. The monoisotopic (exact) mass is 388 g/mol. The summed E-state index contributed by atoms with van der Waals surface area (Å²) < 4.78 is 38.0. The maximum Gasteiger partial charge on any atom is 0.586 e. The minimum atomic E-state index is -3.72. The van der Waals surface area contributed by atoms with Crippen molar-refractivity contribution >= 4 is 5.91 Å². The first-order valence-corrected chi connectivity index (χ1v) is 9.20. The van der Waals surface area contributed by atoms with Crippen LogP contribution in [0.1, 0.15) is 25.0 Å². The van der Waals surface area contributed by atoms with E-state index in [1.54, 1.807) is 23.6 Å². The fourth-order valence-electron chi connectivity index (χ4n) is 4.57. The molecule has 0 aliphatic carbocycles. The molecule has 1 saturated heterocycles. The number of hydrogen-bond acceptors (Lipinski definition) is 4. The number of alkyl halides is 2. The molecule has 2 bridgehead atoms. The van der Waals surface area contributed by atoms with E-state index >= 15 is 0 Å². The highest BCUT2D eigenvalue weighted by Crippen LogP contribution is 2.47. The molecule has 1 aromatic heterocycles. The standard InChI is InChI=1S/C20H18F2N2O4/c1-11(25)23-8-12-5-14(10-23)16-6-13(7-18(26)24(16)9-12)15-3-2-4-17-19(15)28-20(21,22)27-17/h2-4,6-7,12,14H,5,8-10H2,1H3/t12-,14+/m0/s1. The zero-order valence-electron chi connectivity index (χ0n) is 15.2. The Bertz CT molecular complexity index is 1050. The molecule has 1 fully saturated rings. The number of para-hydroxylation sites is 1. The summed E-state index contributed by atoms with van der Waals surface area (Å²) in [7, 11) is 0. The molecule has 0 unspecified atom stereocenters. The summed E-state index contributed by atoms with van der Waals surface area (Å²) in [6.07, 6.45) is -2.82. The number of likely N-dealkylation sites (tertiary alicyclic amines) is 1. The lowest BCUT2D eigenvalue weighted by atomic mass is 9.82. The molecule has 2 atom stereocenters. The van der Waals surface area contributed by atoms with Gasteiger partial charge in [0.25, 0.3) is 5.56 Å². The van der Waals surface area contributed by atoms with E-state index in [0.29, 0.717) is 30.8 Å². The van der Waals surface area contributed by atoms with Gasteiger partial charge in [-0.3, -0.25) is 9.59 Å². The highest BCUT2D eigenvalue weighted by Gasteiger charge is 2.45. The summed E-state index contributed by atoms with van der Waals surface area (Å²) >= 11 is 0. The van der Waals surface area contributed by atoms with E-state index in [1.807, 2.05) is 11.0 Å². The molecular formula is C20H18F2N2O4. The lowest BCUT2D eigenvalue weighted by molar-refractivity contribution is -0.286. The Morgan fingerprint density at radius 1 is 1.18 bits per heavy atom. The molecule has 28 heavy (non-hydrogen) atoms. The van der Waals surface area contributed by atoms with Gasteiger partial charge in [0.05, 0.1) is 0 Å². The average molecular weight is 388 g/mol. The molecule has 146 valence electrons. The molecule has 1 amide bonds. The van der Waals surface area contributed by atoms with E-state index in [2.05, 4.69) is 9.47 Å². The van der Waals surface area contributed by atoms with Crippen LogP contribution in [-0.4, -0.2) is 34.8 Å². The van der Waals surface area contributed by atoms with Crippen LogP contribution in [0.15, 0.2) is 35.1 Å². The number of rotatable bonds is 1. The van der Waals surface area contributed by atoms with Gasteiger partial charge in [-0.15, -0.1) is 8.78 Å². The third-order valence-electron chi connectivity index (χ3n) is 5.74. The van der Waals surface area contributed by atoms with Gasteiger partial charge in [0.2, 0.25) is 5.91 Å². The molecule has 0 radical (unpaired) electrons. The number of benzene rings is 1. The summed E-state index contributed by atoms with van der Waals surface area (Å²) in [6, 6.07) is 7.92. The molecule has 3 aliphatic heterocycles. The molecule has 2 aromatic rings. The third-order valence-corrected chi connectivity index (χ3v) is 5.74. The van der Waals surface area contributed by atoms with Crippen molar-refractivity contribution in [1.82, 2.24) is 9.47 Å². The number of carbonyl (C=O) groups excluding carboxylic acids is 1. The van der Waals surface area contributed by atoms with Crippen molar-refractivity contribution < 1.29 is 23.0 Å². The normalized spacial score (nSPS) is 24.0. The second kappa shape index (κ2) is 5.80. The van der Waals surface area contributed by atoms with Crippen LogP contribution in [0.5, 0.6) is 11.5 Å². The molecule has 0 N–H and O–H groups in total. The van der Waals surface area contributed by atoms with Crippen molar-refractivity contribution in [3.8, 4) is 22.6 Å². The van der Waals surface area contributed by atoms with E-state index in [0.717, 1.165) is 12.1 Å². The van der Waals surface area contributed by atoms with Gasteiger partial charge in [0.1, 0.15) is 0 Å². The molecule has 8 heteroatoms. The second-order valence-corrected chi connectivity index (χ2v) is 7.64. The molecule has 1 aromatic carbocycles. The van der Waals surface area contributed by atoms with Gasteiger partial charge >= 0.3 is 6.29 Å². The van der Waals surface area contributed by atoms with Crippen molar-refractivity contribution in [3.05, 3.63) is 46.4 Å². The Kier molecular flexibility index (Phi) is 3.56. The average Bonchev–Trinajstić information content (AvgIpc) is 2.96. The smallest absolute Gasteiger partial charge is 0.395 e. The second-order valence-electron chi connectivity index (χ2n) is 7.64. The first kappa shape index (κ1) is 17.2. The molecule has 6 nitrogen and oxygen atoms in total. The quantitative estimate of drug-likeness (QED) is 0.754. The van der Waals surface area contributed by atoms with Gasteiger partial charge in [-0.2, -0.15) is 0 Å². The largest absolute Gasteiger partial charge is 0.586 e. The SMILES string of the molecule is CC(=O)N1C[C@@H]2C[C@H](C1)c1cc(-c3cccc4c3OC(F)(F)O4)cc(=O)n1C2. The Balaban J connectivity index is 1.60. The summed E-state index contributed by atoms with van der Waals surface area (Å²) in [5.74, 6) is 0.185. The number of ether oxygens (including phenoxy) is 2. The van der Waals surface area contributed by atoms with E-state index in [9.17, 15) is 18.4 Å². The zero-order valence-corrected chi connectivity index (χ0v) is 15.2. The predicted molar refractivity (Wildman–Crippen MR) is 95.4 cm³/mol. The van der Waals surface area contributed by atoms with Gasteiger partial charge in [-0.25, -0.2) is 0 Å². The molecule has 5 rings (SSSR count). The summed E-state index contributed by atoms with van der Waals surface area (Å²) in [5.41, 5.74) is 1.54. The van der Waals surface area contributed by atoms with E-state index < -0.39 is 6.29 Å². The van der Waals surface area contributed by atoms with Gasteiger partial charge in [0.15, 0.2) is 11.5 Å². The molecular weight excluding hydrogens is 370 g/mol. The van der Waals surface area contributed by atoms with Crippen molar-refractivity contribution in [2.75, 3.05) is 13.1 Å². The highest BCUT2D eigenvalue weighted by atomic mass is 19.3. The van der Waals surface area contributed by atoms with Gasteiger partial charge in [0, 0.05) is 49.8 Å². The van der Waals surface area contributed by atoms with Crippen molar-refractivity contribution in [1.29, 1.82) is 0 Å².